The van der Waals surface area contributed by atoms with Gasteiger partial charge >= 0.3 is 0 Å². The average molecular weight is 327 g/mol. The van der Waals surface area contributed by atoms with Crippen molar-refractivity contribution >= 4 is 38.9 Å². The van der Waals surface area contributed by atoms with Crippen LogP contribution in [-0.4, -0.2) is 19.1 Å². The fourth-order valence-corrected chi connectivity index (χ4v) is 3.13. The monoisotopic (exact) mass is 327 g/mol. The third-order valence-electron chi connectivity index (χ3n) is 4.49. The Morgan fingerprint density at radius 2 is 1.52 bits per heavy atom. The van der Waals surface area contributed by atoms with Crippen LogP contribution in [0.3, 0.4) is 0 Å². The maximum absolute atomic E-state index is 4.81. The summed E-state index contributed by atoms with van der Waals surface area (Å²) >= 11 is 0. The first kappa shape index (κ1) is 15.5. The maximum atomic E-state index is 4.81. The number of anilines is 3. The molecule has 0 saturated carbocycles. The highest BCUT2D eigenvalue weighted by Crippen LogP contribution is 2.33. The molecule has 0 amide bonds. The molecule has 0 unspecified atom stereocenters. The lowest BCUT2D eigenvalue weighted by molar-refractivity contribution is 1.13. The Bertz CT molecular complexity index is 1050. The van der Waals surface area contributed by atoms with Crippen molar-refractivity contribution in [3.8, 4) is 0 Å². The van der Waals surface area contributed by atoms with Gasteiger partial charge in [0.2, 0.25) is 0 Å². The molecule has 4 rings (SSSR count). The van der Waals surface area contributed by atoms with E-state index in [0.717, 1.165) is 33.2 Å². The Balaban J connectivity index is 1.89. The van der Waals surface area contributed by atoms with Crippen LogP contribution in [0.15, 0.2) is 66.7 Å². The molecule has 0 aliphatic heterocycles. The molecule has 1 aromatic heterocycles. The van der Waals surface area contributed by atoms with Crippen LogP contribution in [0.4, 0.5) is 17.1 Å². The summed E-state index contributed by atoms with van der Waals surface area (Å²) in [5.74, 6) is 0. The molecule has 3 aromatic carbocycles. The number of fused-ring (bicyclic) bond motifs is 2. The molecular weight excluding hydrogens is 306 g/mol. The number of aromatic nitrogens is 1. The molecule has 124 valence electrons. The van der Waals surface area contributed by atoms with Gasteiger partial charge in [-0.15, -0.1) is 0 Å². The van der Waals surface area contributed by atoms with Gasteiger partial charge in [-0.05, 0) is 49.4 Å². The molecule has 0 fully saturated rings. The van der Waals surface area contributed by atoms with E-state index in [1.54, 1.807) is 0 Å². The molecule has 3 heteroatoms. The van der Waals surface area contributed by atoms with Gasteiger partial charge in [-0.25, -0.2) is 4.98 Å². The number of para-hydroxylation sites is 1. The molecule has 0 saturated heterocycles. The molecule has 0 bridgehead atoms. The number of hydrogen-bond acceptors (Lipinski definition) is 3. The van der Waals surface area contributed by atoms with Crippen LogP contribution in [0, 0.1) is 6.92 Å². The first-order valence-electron chi connectivity index (χ1n) is 8.45. The average Bonchev–Trinajstić information content (AvgIpc) is 2.62. The first-order valence-corrected chi connectivity index (χ1v) is 8.45. The smallest absolute Gasteiger partial charge is 0.0730 e. The van der Waals surface area contributed by atoms with Crippen molar-refractivity contribution in [1.29, 1.82) is 0 Å². The Kier molecular flexibility index (Phi) is 3.77. The van der Waals surface area contributed by atoms with Gasteiger partial charge < -0.3 is 10.2 Å². The topological polar surface area (TPSA) is 28.2 Å². The fraction of sp³-hybridized carbons (Fsp3) is 0.136. The van der Waals surface area contributed by atoms with Gasteiger partial charge in [0, 0.05) is 36.2 Å². The lowest BCUT2D eigenvalue weighted by atomic mass is 10.1. The molecule has 1 heterocycles. The SMILES string of the molecule is Cc1ccc2nc3ccccc3c(Nc3ccc(N(C)C)cc3)c2c1. The van der Waals surface area contributed by atoms with Gasteiger partial charge in [0.05, 0.1) is 16.7 Å². The molecular formula is C22H21N3. The van der Waals surface area contributed by atoms with Crippen molar-refractivity contribution in [2.75, 3.05) is 24.3 Å². The number of nitrogens with zero attached hydrogens (tertiary/aromatic N) is 2. The lowest BCUT2D eigenvalue weighted by Crippen LogP contribution is -2.08. The van der Waals surface area contributed by atoms with Gasteiger partial charge in [0.15, 0.2) is 0 Å². The highest BCUT2D eigenvalue weighted by atomic mass is 15.1. The summed E-state index contributed by atoms with van der Waals surface area (Å²) in [4.78, 5) is 6.91. The predicted molar refractivity (Wildman–Crippen MR) is 108 cm³/mol. The number of hydrogen-bond donors (Lipinski definition) is 1. The summed E-state index contributed by atoms with van der Waals surface area (Å²) in [6, 6.07) is 23.2. The van der Waals surface area contributed by atoms with Crippen molar-refractivity contribution in [1.82, 2.24) is 4.98 Å². The summed E-state index contributed by atoms with van der Waals surface area (Å²) in [6.45, 7) is 2.12. The Labute approximate surface area is 147 Å². The second-order valence-corrected chi connectivity index (χ2v) is 6.59. The zero-order chi connectivity index (χ0) is 17.4. The quantitative estimate of drug-likeness (QED) is 0.503. The summed E-state index contributed by atoms with van der Waals surface area (Å²) in [7, 11) is 4.10. The predicted octanol–water partition coefficient (Wildman–Crippen LogP) is 5.51. The van der Waals surface area contributed by atoms with E-state index in [1.807, 2.05) is 6.07 Å². The third kappa shape index (κ3) is 2.89. The van der Waals surface area contributed by atoms with E-state index in [9.17, 15) is 0 Å². The van der Waals surface area contributed by atoms with Crippen LogP contribution in [0.2, 0.25) is 0 Å². The van der Waals surface area contributed by atoms with E-state index in [0.29, 0.717) is 0 Å². The number of pyridine rings is 1. The fourth-order valence-electron chi connectivity index (χ4n) is 3.13. The second-order valence-electron chi connectivity index (χ2n) is 6.59. The summed E-state index contributed by atoms with van der Waals surface area (Å²) in [5, 5.41) is 5.91. The van der Waals surface area contributed by atoms with Crippen molar-refractivity contribution in [2.45, 2.75) is 6.92 Å². The Morgan fingerprint density at radius 3 is 2.28 bits per heavy atom. The van der Waals surface area contributed by atoms with Gasteiger partial charge in [0.25, 0.3) is 0 Å². The van der Waals surface area contributed by atoms with Gasteiger partial charge in [-0.3, -0.25) is 0 Å². The van der Waals surface area contributed by atoms with Crippen LogP contribution in [0.5, 0.6) is 0 Å². The van der Waals surface area contributed by atoms with Crippen LogP contribution in [0.25, 0.3) is 21.8 Å². The van der Waals surface area contributed by atoms with E-state index in [2.05, 4.69) is 91.9 Å². The molecule has 0 aliphatic carbocycles. The molecule has 4 aromatic rings. The molecule has 0 aliphatic rings. The van der Waals surface area contributed by atoms with E-state index in [4.69, 9.17) is 4.98 Å². The molecule has 0 atom stereocenters. The Hall–Kier alpha value is -3.07. The van der Waals surface area contributed by atoms with Crippen molar-refractivity contribution < 1.29 is 0 Å². The summed E-state index contributed by atoms with van der Waals surface area (Å²) in [5.41, 5.74) is 6.62. The van der Waals surface area contributed by atoms with Gasteiger partial charge in [-0.2, -0.15) is 0 Å². The van der Waals surface area contributed by atoms with Crippen molar-refractivity contribution in [2.24, 2.45) is 0 Å². The van der Waals surface area contributed by atoms with Crippen LogP contribution in [0.1, 0.15) is 5.56 Å². The molecule has 0 radical (unpaired) electrons. The zero-order valence-corrected chi connectivity index (χ0v) is 14.7. The zero-order valence-electron chi connectivity index (χ0n) is 14.7. The van der Waals surface area contributed by atoms with E-state index in [-0.39, 0.29) is 0 Å². The Morgan fingerprint density at radius 1 is 0.800 bits per heavy atom. The first-order chi connectivity index (χ1) is 12.1. The minimum atomic E-state index is 1.01. The second kappa shape index (κ2) is 6.10. The van der Waals surface area contributed by atoms with Gasteiger partial charge in [-0.1, -0.05) is 29.8 Å². The largest absolute Gasteiger partial charge is 0.378 e. The lowest BCUT2D eigenvalue weighted by Gasteiger charge is -2.16. The number of aryl methyl sites for hydroxylation is 1. The minimum Gasteiger partial charge on any atom is -0.378 e. The highest BCUT2D eigenvalue weighted by molar-refractivity contribution is 6.08. The molecule has 0 spiro atoms. The van der Waals surface area contributed by atoms with E-state index in [1.165, 1.54) is 11.3 Å². The highest BCUT2D eigenvalue weighted by Gasteiger charge is 2.09. The third-order valence-corrected chi connectivity index (χ3v) is 4.49. The minimum absolute atomic E-state index is 1.01. The van der Waals surface area contributed by atoms with E-state index >= 15 is 0 Å². The number of nitrogens with one attached hydrogen (secondary N) is 1. The summed E-state index contributed by atoms with van der Waals surface area (Å²) < 4.78 is 0. The van der Waals surface area contributed by atoms with Crippen molar-refractivity contribution in [3.63, 3.8) is 0 Å². The maximum Gasteiger partial charge on any atom is 0.0730 e. The molecule has 1 N–H and O–H groups in total. The molecule has 25 heavy (non-hydrogen) atoms. The van der Waals surface area contributed by atoms with Crippen LogP contribution in [-0.2, 0) is 0 Å². The van der Waals surface area contributed by atoms with Crippen LogP contribution >= 0.6 is 0 Å². The molecule has 3 nitrogen and oxygen atoms in total. The van der Waals surface area contributed by atoms with Gasteiger partial charge in [0.1, 0.15) is 0 Å². The summed E-state index contributed by atoms with van der Waals surface area (Å²) in [6.07, 6.45) is 0. The van der Waals surface area contributed by atoms with Crippen LogP contribution < -0.4 is 10.2 Å². The number of rotatable bonds is 3. The van der Waals surface area contributed by atoms with E-state index < -0.39 is 0 Å². The standard InChI is InChI=1S/C22H21N3/c1-15-8-13-21-19(14-15)22(18-6-4-5-7-20(18)24-21)23-16-9-11-17(12-10-16)25(2)3/h4-14H,1-3H3,(H,23,24). The normalized spacial score (nSPS) is 11.0. The van der Waals surface area contributed by atoms with Crippen molar-refractivity contribution in [3.05, 3.63) is 72.3 Å². The number of benzene rings is 3.